The number of aryl methyl sites for hydroxylation is 1. The molecule has 20 heavy (non-hydrogen) atoms. The molecule has 0 saturated heterocycles. The maximum atomic E-state index is 12.5. The van der Waals surface area contributed by atoms with Crippen molar-refractivity contribution in [1.29, 1.82) is 0 Å². The Morgan fingerprint density at radius 1 is 1.35 bits per heavy atom. The third-order valence-corrected chi connectivity index (χ3v) is 3.59. The highest BCUT2D eigenvalue weighted by Crippen LogP contribution is 2.35. The monoisotopic (exact) mass is 276 g/mol. The molecular formula is C15H20N2O3. The Balaban J connectivity index is 2.36. The minimum absolute atomic E-state index is 0.314. The number of amides is 2. The van der Waals surface area contributed by atoms with E-state index in [0.29, 0.717) is 24.5 Å². The van der Waals surface area contributed by atoms with E-state index in [1.807, 2.05) is 32.9 Å². The van der Waals surface area contributed by atoms with Gasteiger partial charge in [0.25, 0.3) is 17.4 Å². The minimum Gasteiger partial charge on any atom is -0.466 e. The number of benzene rings is 1. The van der Waals surface area contributed by atoms with Gasteiger partial charge in [-0.15, -0.1) is 0 Å². The molecule has 0 aliphatic carbocycles. The average Bonchev–Trinajstić information content (AvgIpc) is 2.42. The first-order valence-electron chi connectivity index (χ1n) is 6.82. The maximum Gasteiger partial charge on any atom is 0.278 e. The summed E-state index contributed by atoms with van der Waals surface area (Å²) in [6.07, 6.45) is 0. The summed E-state index contributed by atoms with van der Waals surface area (Å²) in [5, 5.41) is 2.76. The number of fused-ring (bicyclic) bond motifs is 1. The van der Waals surface area contributed by atoms with E-state index in [0.717, 1.165) is 5.56 Å². The number of anilines is 1. The number of rotatable bonds is 3. The van der Waals surface area contributed by atoms with Crippen LogP contribution in [0.25, 0.3) is 0 Å². The lowest BCUT2D eigenvalue weighted by Gasteiger charge is -2.36. The van der Waals surface area contributed by atoms with Crippen LogP contribution in [0, 0.1) is 6.92 Å². The van der Waals surface area contributed by atoms with E-state index in [-0.39, 0.29) is 5.91 Å². The molecule has 5 nitrogen and oxygen atoms in total. The summed E-state index contributed by atoms with van der Waals surface area (Å²) in [7, 11) is 0. The van der Waals surface area contributed by atoms with Crippen LogP contribution in [0.5, 0.6) is 5.75 Å². The molecule has 1 aromatic rings. The van der Waals surface area contributed by atoms with Crippen LogP contribution in [-0.2, 0) is 9.59 Å². The number of nitrogens with one attached hydrogen (secondary N) is 1. The fourth-order valence-corrected chi connectivity index (χ4v) is 2.29. The zero-order chi connectivity index (χ0) is 14.9. The molecule has 0 fully saturated rings. The summed E-state index contributed by atoms with van der Waals surface area (Å²) in [5.74, 6) is -0.211. The van der Waals surface area contributed by atoms with Crippen molar-refractivity contribution < 1.29 is 14.3 Å². The molecule has 0 radical (unpaired) electrons. The molecule has 2 amide bonds. The van der Waals surface area contributed by atoms with Gasteiger partial charge in [0.15, 0.2) is 0 Å². The Morgan fingerprint density at radius 2 is 2.00 bits per heavy atom. The van der Waals surface area contributed by atoms with Gasteiger partial charge in [0, 0.05) is 13.1 Å². The molecule has 5 heteroatoms. The summed E-state index contributed by atoms with van der Waals surface area (Å²) in [4.78, 5) is 26.4. The van der Waals surface area contributed by atoms with Crippen molar-refractivity contribution in [2.24, 2.45) is 0 Å². The van der Waals surface area contributed by atoms with Crippen molar-refractivity contribution in [3.8, 4) is 5.75 Å². The first-order chi connectivity index (χ1) is 9.42. The standard InChI is InChI=1S/C15H20N2O3/c1-5-17(6-2)14(19)15(4)13(18)16-11-9-10(3)7-8-12(11)20-15/h7-9H,5-6H2,1-4H3,(H,16,18). The van der Waals surface area contributed by atoms with Crippen LogP contribution in [0.15, 0.2) is 18.2 Å². The Labute approximate surface area is 118 Å². The quantitative estimate of drug-likeness (QED) is 0.858. The first-order valence-corrected chi connectivity index (χ1v) is 6.82. The molecule has 2 rings (SSSR count). The molecule has 1 unspecified atom stereocenters. The van der Waals surface area contributed by atoms with Gasteiger partial charge in [0.1, 0.15) is 5.75 Å². The predicted octanol–water partition coefficient (Wildman–Crippen LogP) is 1.95. The average molecular weight is 276 g/mol. The lowest BCUT2D eigenvalue weighted by Crippen LogP contribution is -2.59. The van der Waals surface area contributed by atoms with Gasteiger partial charge in [-0.1, -0.05) is 6.07 Å². The fourth-order valence-electron chi connectivity index (χ4n) is 2.29. The molecule has 0 saturated carbocycles. The number of hydrogen-bond donors (Lipinski definition) is 1. The largest absolute Gasteiger partial charge is 0.466 e. The molecule has 1 aliphatic rings. The molecule has 1 aromatic carbocycles. The highest BCUT2D eigenvalue weighted by molar-refractivity contribution is 6.15. The van der Waals surface area contributed by atoms with Crippen LogP contribution < -0.4 is 10.1 Å². The third-order valence-electron chi connectivity index (χ3n) is 3.59. The summed E-state index contributed by atoms with van der Waals surface area (Å²) >= 11 is 0. The van der Waals surface area contributed by atoms with Gasteiger partial charge < -0.3 is 15.0 Å². The summed E-state index contributed by atoms with van der Waals surface area (Å²) in [6, 6.07) is 5.49. The van der Waals surface area contributed by atoms with Crippen LogP contribution >= 0.6 is 0 Å². The molecule has 0 aromatic heterocycles. The fraction of sp³-hybridized carbons (Fsp3) is 0.467. The van der Waals surface area contributed by atoms with Gasteiger partial charge in [0.05, 0.1) is 5.69 Å². The smallest absolute Gasteiger partial charge is 0.278 e. The van der Waals surface area contributed by atoms with E-state index in [9.17, 15) is 9.59 Å². The number of hydrogen-bond acceptors (Lipinski definition) is 3. The molecule has 108 valence electrons. The Kier molecular flexibility index (Phi) is 3.70. The van der Waals surface area contributed by atoms with Crippen LogP contribution in [0.2, 0.25) is 0 Å². The van der Waals surface area contributed by atoms with Crippen LogP contribution in [-0.4, -0.2) is 35.4 Å². The van der Waals surface area contributed by atoms with Crippen molar-refractivity contribution in [3.63, 3.8) is 0 Å². The molecular weight excluding hydrogens is 256 g/mol. The van der Waals surface area contributed by atoms with Gasteiger partial charge in [0.2, 0.25) is 0 Å². The molecule has 0 bridgehead atoms. The zero-order valence-electron chi connectivity index (χ0n) is 12.3. The lowest BCUT2D eigenvalue weighted by atomic mass is 10.0. The van der Waals surface area contributed by atoms with Crippen molar-refractivity contribution in [2.75, 3.05) is 18.4 Å². The second kappa shape index (κ2) is 5.15. The van der Waals surface area contributed by atoms with Gasteiger partial charge in [-0.3, -0.25) is 9.59 Å². The lowest BCUT2D eigenvalue weighted by molar-refractivity contribution is -0.154. The number of nitrogens with zero attached hydrogens (tertiary/aromatic N) is 1. The van der Waals surface area contributed by atoms with Gasteiger partial charge in [-0.25, -0.2) is 0 Å². The summed E-state index contributed by atoms with van der Waals surface area (Å²) in [6.45, 7) is 8.29. The van der Waals surface area contributed by atoms with Gasteiger partial charge >= 0.3 is 0 Å². The number of ether oxygens (including phenoxy) is 1. The second-order valence-corrected chi connectivity index (χ2v) is 5.07. The third kappa shape index (κ3) is 2.24. The predicted molar refractivity (Wildman–Crippen MR) is 76.8 cm³/mol. The Bertz CT molecular complexity index is 552. The number of carbonyl (C=O) groups excluding carboxylic acids is 2. The van der Waals surface area contributed by atoms with Crippen molar-refractivity contribution in [2.45, 2.75) is 33.3 Å². The summed E-state index contributed by atoms with van der Waals surface area (Å²) < 4.78 is 5.73. The van der Waals surface area contributed by atoms with E-state index in [2.05, 4.69) is 5.32 Å². The zero-order valence-corrected chi connectivity index (χ0v) is 12.3. The molecule has 1 heterocycles. The second-order valence-electron chi connectivity index (χ2n) is 5.07. The minimum atomic E-state index is -1.51. The normalized spacial score (nSPS) is 20.7. The molecule has 1 aliphatic heterocycles. The van der Waals surface area contributed by atoms with Crippen molar-refractivity contribution >= 4 is 17.5 Å². The Morgan fingerprint density at radius 3 is 2.60 bits per heavy atom. The highest BCUT2D eigenvalue weighted by Gasteiger charge is 2.48. The first kappa shape index (κ1) is 14.4. The van der Waals surface area contributed by atoms with Crippen LogP contribution in [0.3, 0.4) is 0 Å². The van der Waals surface area contributed by atoms with E-state index >= 15 is 0 Å². The summed E-state index contributed by atoms with van der Waals surface area (Å²) in [5.41, 5.74) is 0.125. The van der Waals surface area contributed by atoms with Crippen LogP contribution in [0.4, 0.5) is 5.69 Å². The highest BCUT2D eigenvalue weighted by atomic mass is 16.5. The molecule has 1 N–H and O–H groups in total. The van der Waals surface area contributed by atoms with E-state index < -0.39 is 11.5 Å². The topological polar surface area (TPSA) is 58.6 Å². The number of carbonyl (C=O) groups is 2. The molecule has 0 spiro atoms. The van der Waals surface area contributed by atoms with Crippen LogP contribution in [0.1, 0.15) is 26.3 Å². The SMILES string of the molecule is CCN(CC)C(=O)C1(C)Oc2ccc(C)cc2NC1=O. The van der Waals surface area contributed by atoms with Crippen molar-refractivity contribution in [1.82, 2.24) is 4.90 Å². The molecule has 1 atom stereocenters. The van der Waals surface area contributed by atoms with E-state index in [4.69, 9.17) is 4.74 Å². The van der Waals surface area contributed by atoms with Crippen molar-refractivity contribution in [3.05, 3.63) is 23.8 Å². The Hall–Kier alpha value is -2.04. The van der Waals surface area contributed by atoms with E-state index in [1.54, 1.807) is 11.0 Å². The maximum absolute atomic E-state index is 12.5. The number of likely N-dealkylation sites (N-methyl/N-ethyl adjacent to an activating group) is 1. The van der Waals surface area contributed by atoms with Gasteiger partial charge in [-0.2, -0.15) is 0 Å². The van der Waals surface area contributed by atoms with Gasteiger partial charge in [-0.05, 0) is 45.4 Å². The van der Waals surface area contributed by atoms with E-state index in [1.165, 1.54) is 6.92 Å².